The van der Waals surface area contributed by atoms with Crippen LogP contribution < -0.4 is 5.32 Å². The first-order chi connectivity index (χ1) is 16.6. The Morgan fingerprint density at radius 3 is 2.57 bits per heavy atom. The predicted octanol–water partition coefficient (Wildman–Crippen LogP) is 3.58. The molecule has 3 saturated heterocycles. The standard InChI is InChI=1S/C24H27F3N4O3S/c1-14-29-20(15-2-4-17(5-3-15)24(25,26)27)9-21(30-14)19-11-31-7-6-16(19)8-18(31)10-28-22(32)12-35-13-23(33)34/h2-5,9,16,18-19H,6-8,10-13H2,1H3,(H,28,32)(H,33,34). The number of nitrogens with one attached hydrogen (secondary N) is 1. The Morgan fingerprint density at radius 2 is 1.94 bits per heavy atom. The van der Waals surface area contributed by atoms with Crippen molar-refractivity contribution in [2.24, 2.45) is 5.92 Å². The number of carbonyl (C=O) groups is 2. The first-order valence-electron chi connectivity index (χ1n) is 11.4. The van der Waals surface area contributed by atoms with Crippen molar-refractivity contribution in [1.29, 1.82) is 0 Å². The molecule has 0 saturated carbocycles. The third-order valence-corrected chi connectivity index (χ3v) is 7.54. The molecule has 3 aliphatic heterocycles. The molecule has 188 valence electrons. The van der Waals surface area contributed by atoms with Gasteiger partial charge in [0.05, 0.1) is 22.8 Å². The van der Waals surface area contributed by atoms with Crippen molar-refractivity contribution >= 4 is 23.6 Å². The molecule has 1 amide bonds. The maximum Gasteiger partial charge on any atom is 0.416 e. The first kappa shape index (κ1) is 25.4. The quantitative estimate of drug-likeness (QED) is 0.563. The molecule has 5 rings (SSSR count). The van der Waals surface area contributed by atoms with E-state index in [0.29, 0.717) is 29.5 Å². The summed E-state index contributed by atoms with van der Waals surface area (Å²) in [6.45, 7) is 4.04. The number of alkyl halides is 3. The van der Waals surface area contributed by atoms with E-state index in [1.54, 1.807) is 6.92 Å². The van der Waals surface area contributed by atoms with Crippen LogP contribution in [-0.2, 0) is 15.8 Å². The molecule has 0 radical (unpaired) electrons. The number of thioether (sulfide) groups is 1. The van der Waals surface area contributed by atoms with E-state index in [2.05, 4.69) is 20.2 Å². The molecule has 0 aliphatic carbocycles. The average Bonchev–Trinajstić information content (AvgIpc) is 2.82. The zero-order valence-corrected chi connectivity index (χ0v) is 20.0. The second kappa shape index (κ2) is 10.5. The van der Waals surface area contributed by atoms with Gasteiger partial charge in [-0.2, -0.15) is 13.2 Å². The number of aliphatic carboxylic acids is 1. The average molecular weight is 509 g/mol. The molecule has 7 nitrogen and oxygen atoms in total. The van der Waals surface area contributed by atoms with E-state index in [9.17, 15) is 22.8 Å². The lowest BCUT2D eigenvalue weighted by Crippen LogP contribution is -2.56. The van der Waals surface area contributed by atoms with E-state index in [1.165, 1.54) is 12.1 Å². The van der Waals surface area contributed by atoms with E-state index in [0.717, 1.165) is 55.5 Å². The van der Waals surface area contributed by atoms with E-state index >= 15 is 0 Å². The lowest BCUT2D eigenvalue weighted by atomic mass is 9.74. The van der Waals surface area contributed by atoms with Crippen molar-refractivity contribution < 1.29 is 27.9 Å². The van der Waals surface area contributed by atoms with Gasteiger partial charge in [-0.3, -0.25) is 14.5 Å². The van der Waals surface area contributed by atoms with Crippen molar-refractivity contribution in [3.63, 3.8) is 0 Å². The van der Waals surface area contributed by atoms with Crippen molar-refractivity contribution in [2.45, 2.75) is 37.9 Å². The molecule has 2 aromatic rings. The van der Waals surface area contributed by atoms with Gasteiger partial charge in [0.25, 0.3) is 0 Å². The van der Waals surface area contributed by atoms with Gasteiger partial charge in [0.2, 0.25) is 5.91 Å². The highest BCUT2D eigenvalue weighted by Crippen LogP contribution is 2.41. The Hall–Kier alpha value is -2.66. The molecular formula is C24H27F3N4O3S. The molecule has 0 spiro atoms. The van der Waals surface area contributed by atoms with Gasteiger partial charge in [0.1, 0.15) is 5.82 Å². The van der Waals surface area contributed by atoms with Gasteiger partial charge in [-0.1, -0.05) is 12.1 Å². The molecule has 3 aliphatic rings. The summed E-state index contributed by atoms with van der Waals surface area (Å²) in [7, 11) is 0. The second-order valence-corrected chi connectivity index (χ2v) is 10.0. The number of rotatable bonds is 8. The maximum absolute atomic E-state index is 12.9. The van der Waals surface area contributed by atoms with Crippen molar-refractivity contribution in [3.8, 4) is 11.3 Å². The van der Waals surface area contributed by atoms with Crippen LogP contribution in [0.15, 0.2) is 30.3 Å². The largest absolute Gasteiger partial charge is 0.481 e. The number of halogens is 3. The number of carboxylic acid groups (broad SMARTS) is 1. The highest BCUT2D eigenvalue weighted by Gasteiger charge is 2.41. The Morgan fingerprint density at radius 1 is 1.20 bits per heavy atom. The molecule has 4 heterocycles. The number of carboxylic acids is 1. The summed E-state index contributed by atoms with van der Waals surface area (Å²) in [5, 5.41) is 11.6. The van der Waals surface area contributed by atoms with Crippen LogP contribution in [0.25, 0.3) is 11.3 Å². The van der Waals surface area contributed by atoms with Gasteiger partial charge < -0.3 is 10.4 Å². The monoisotopic (exact) mass is 508 g/mol. The predicted molar refractivity (Wildman–Crippen MR) is 126 cm³/mol. The number of hydrogen-bond acceptors (Lipinski definition) is 6. The third-order valence-electron chi connectivity index (χ3n) is 6.62. The fourth-order valence-electron chi connectivity index (χ4n) is 4.96. The fraction of sp³-hybridized carbons (Fsp3) is 0.500. The maximum atomic E-state index is 12.9. The van der Waals surface area contributed by atoms with E-state index < -0.39 is 17.7 Å². The number of carbonyl (C=O) groups excluding carboxylic acids is 1. The minimum absolute atomic E-state index is 0.0977. The molecular weight excluding hydrogens is 481 g/mol. The second-order valence-electron chi connectivity index (χ2n) is 9.03. The van der Waals surface area contributed by atoms with Gasteiger partial charge in [-0.05, 0) is 50.4 Å². The molecule has 3 fully saturated rings. The van der Waals surface area contributed by atoms with E-state index in [1.807, 2.05) is 6.07 Å². The topological polar surface area (TPSA) is 95.4 Å². The Bertz CT molecular complexity index is 1080. The molecule has 4 unspecified atom stereocenters. The smallest absolute Gasteiger partial charge is 0.416 e. The van der Waals surface area contributed by atoms with Crippen LogP contribution in [-0.4, -0.2) is 69.0 Å². The SMILES string of the molecule is Cc1nc(-c2ccc(C(F)(F)F)cc2)cc(C2CN3CCC2CC3CNC(=O)CSCC(=O)O)n1. The first-order valence-corrected chi connectivity index (χ1v) is 12.6. The number of fused-ring (bicyclic) bond motifs is 3. The van der Waals surface area contributed by atoms with Crippen LogP contribution in [0.3, 0.4) is 0 Å². The van der Waals surface area contributed by atoms with Crippen molar-refractivity contribution in [3.05, 3.63) is 47.4 Å². The zero-order chi connectivity index (χ0) is 25.2. The third kappa shape index (κ3) is 6.32. The van der Waals surface area contributed by atoms with Crippen LogP contribution >= 0.6 is 11.8 Å². The van der Waals surface area contributed by atoms with Gasteiger partial charge >= 0.3 is 12.1 Å². The molecule has 11 heteroatoms. The number of nitrogens with zero attached hydrogens (tertiary/aromatic N) is 3. The lowest BCUT2D eigenvalue weighted by molar-refractivity contribution is -0.137. The number of aryl methyl sites for hydroxylation is 1. The molecule has 4 atom stereocenters. The highest BCUT2D eigenvalue weighted by molar-refractivity contribution is 8.00. The summed E-state index contributed by atoms with van der Waals surface area (Å²) in [4.78, 5) is 34.1. The van der Waals surface area contributed by atoms with Crippen LogP contribution in [0.5, 0.6) is 0 Å². The van der Waals surface area contributed by atoms with Gasteiger partial charge in [0.15, 0.2) is 0 Å². The van der Waals surface area contributed by atoms with E-state index in [4.69, 9.17) is 5.11 Å². The zero-order valence-electron chi connectivity index (χ0n) is 19.2. The molecule has 1 aromatic carbocycles. The van der Waals surface area contributed by atoms with Gasteiger partial charge in [0, 0.05) is 36.3 Å². The minimum Gasteiger partial charge on any atom is -0.481 e. The summed E-state index contributed by atoms with van der Waals surface area (Å²) in [6.07, 6.45) is -2.46. The number of hydrogen-bond donors (Lipinski definition) is 2. The van der Waals surface area contributed by atoms with Crippen LogP contribution in [0.4, 0.5) is 13.2 Å². The number of amides is 1. The van der Waals surface area contributed by atoms with Gasteiger partial charge in [-0.15, -0.1) is 11.8 Å². The van der Waals surface area contributed by atoms with Crippen LogP contribution in [0.1, 0.15) is 35.8 Å². The number of piperidine rings is 3. The highest BCUT2D eigenvalue weighted by atomic mass is 32.2. The summed E-state index contributed by atoms with van der Waals surface area (Å²) in [5.74, 6) is 0.0812. The summed E-state index contributed by atoms with van der Waals surface area (Å²) in [5.41, 5.74) is 1.44. The van der Waals surface area contributed by atoms with Gasteiger partial charge in [-0.25, -0.2) is 9.97 Å². The fourth-order valence-corrected chi connectivity index (χ4v) is 5.52. The summed E-state index contributed by atoms with van der Waals surface area (Å²) in [6, 6.07) is 7.13. The summed E-state index contributed by atoms with van der Waals surface area (Å²) < 4.78 is 38.8. The Kier molecular flexibility index (Phi) is 7.65. The number of benzene rings is 1. The van der Waals surface area contributed by atoms with E-state index in [-0.39, 0.29) is 29.4 Å². The molecule has 2 bridgehead atoms. The lowest BCUT2D eigenvalue weighted by Gasteiger charge is -2.49. The van der Waals surface area contributed by atoms with Crippen molar-refractivity contribution in [1.82, 2.24) is 20.2 Å². The Labute approximate surface area is 205 Å². The van der Waals surface area contributed by atoms with Crippen LogP contribution in [0, 0.1) is 12.8 Å². The number of aromatic nitrogens is 2. The molecule has 1 aromatic heterocycles. The van der Waals surface area contributed by atoms with Crippen LogP contribution in [0.2, 0.25) is 0 Å². The normalized spacial score (nSPS) is 23.8. The molecule has 35 heavy (non-hydrogen) atoms. The van der Waals surface area contributed by atoms with Crippen molar-refractivity contribution in [2.75, 3.05) is 31.1 Å². The minimum atomic E-state index is -4.38. The Balaban J connectivity index is 1.41. The molecule has 2 N–H and O–H groups in total. The summed E-state index contributed by atoms with van der Waals surface area (Å²) >= 11 is 1.08.